The maximum absolute atomic E-state index is 11.1. The van der Waals surface area contributed by atoms with Crippen LogP contribution in [-0.2, 0) is 4.79 Å². The van der Waals surface area contributed by atoms with Crippen molar-refractivity contribution in [3.63, 3.8) is 0 Å². The topological polar surface area (TPSA) is 20.3 Å². The number of Topliss-reactive ketones (excluding diaryl/α,β-unsaturated/α-hetero) is 1. The van der Waals surface area contributed by atoms with E-state index >= 15 is 0 Å². The van der Waals surface area contributed by atoms with Crippen LogP contribution in [0, 0.1) is 5.92 Å². The van der Waals surface area contributed by atoms with Gasteiger partial charge in [-0.15, -0.1) is 0 Å². The first-order chi connectivity index (χ1) is 7.17. The van der Waals surface area contributed by atoms with Crippen LogP contribution in [0.25, 0.3) is 0 Å². The van der Waals surface area contributed by atoms with Gasteiger partial charge in [-0.05, 0) is 25.8 Å². The molecule has 0 heterocycles. The molecule has 0 unspecified atom stereocenters. The number of carbonyl (C=O) groups excluding carboxylic acids is 1. The Morgan fingerprint density at radius 3 is 2.27 bits per heavy atom. The molecule has 0 aromatic rings. The van der Waals surface area contributed by atoms with Crippen molar-refractivity contribution in [1.82, 2.24) is 4.90 Å². The Morgan fingerprint density at radius 2 is 1.80 bits per heavy atom. The smallest absolute Gasteiger partial charge is 0.133 e. The van der Waals surface area contributed by atoms with Crippen molar-refractivity contribution in [1.29, 1.82) is 0 Å². The van der Waals surface area contributed by atoms with E-state index in [2.05, 4.69) is 25.8 Å². The first-order valence-corrected chi connectivity index (χ1v) is 6.39. The lowest BCUT2D eigenvalue weighted by Crippen LogP contribution is -2.38. The van der Waals surface area contributed by atoms with Gasteiger partial charge < -0.3 is 4.90 Å². The summed E-state index contributed by atoms with van der Waals surface area (Å²) in [5.74, 6) is 1.29. The van der Waals surface area contributed by atoms with Gasteiger partial charge in [0.15, 0.2) is 0 Å². The van der Waals surface area contributed by atoms with Gasteiger partial charge in [-0.1, -0.05) is 26.7 Å². The van der Waals surface area contributed by atoms with Crippen molar-refractivity contribution < 1.29 is 4.79 Å². The van der Waals surface area contributed by atoms with Gasteiger partial charge >= 0.3 is 0 Å². The second-order valence-electron chi connectivity index (χ2n) is 4.89. The molecule has 0 aromatic heterocycles. The zero-order valence-electron chi connectivity index (χ0n) is 10.5. The largest absolute Gasteiger partial charge is 0.303 e. The van der Waals surface area contributed by atoms with E-state index in [1.807, 2.05) is 0 Å². The van der Waals surface area contributed by atoms with Crippen LogP contribution in [-0.4, -0.2) is 30.3 Å². The molecule has 15 heavy (non-hydrogen) atoms. The van der Waals surface area contributed by atoms with Gasteiger partial charge in [-0.25, -0.2) is 0 Å². The van der Waals surface area contributed by atoms with Crippen molar-refractivity contribution in [3.05, 3.63) is 0 Å². The van der Waals surface area contributed by atoms with Crippen molar-refractivity contribution in [3.8, 4) is 0 Å². The Bertz CT molecular complexity index is 189. The normalized spacial score (nSPS) is 19.1. The van der Waals surface area contributed by atoms with Gasteiger partial charge in [0.1, 0.15) is 5.78 Å². The lowest BCUT2D eigenvalue weighted by molar-refractivity contribution is -0.121. The van der Waals surface area contributed by atoms with Gasteiger partial charge in [0.25, 0.3) is 0 Å². The van der Waals surface area contributed by atoms with E-state index in [-0.39, 0.29) is 0 Å². The average molecular weight is 211 g/mol. The van der Waals surface area contributed by atoms with E-state index in [9.17, 15) is 4.79 Å². The second-order valence-corrected chi connectivity index (χ2v) is 4.89. The summed E-state index contributed by atoms with van der Waals surface area (Å²) in [6, 6.07) is 0.656. The standard InChI is InChI=1S/C13H25NO/c1-4-11(5-2)10-14(3)12-6-8-13(15)9-7-12/h11-12H,4-10H2,1-3H3. The fourth-order valence-electron chi connectivity index (χ4n) is 2.47. The maximum Gasteiger partial charge on any atom is 0.133 e. The molecule has 0 aromatic carbocycles. The van der Waals surface area contributed by atoms with Crippen molar-refractivity contribution in [2.24, 2.45) is 5.92 Å². The van der Waals surface area contributed by atoms with Crippen LogP contribution < -0.4 is 0 Å². The Labute approximate surface area is 94.0 Å². The molecule has 1 fully saturated rings. The molecule has 0 radical (unpaired) electrons. The van der Waals surface area contributed by atoms with Crippen LogP contribution in [0.3, 0.4) is 0 Å². The molecule has 0 spiro atoms. The third-order valence-corrected chi connectivity index (χ3v) is 3.84. The molecule has 2 heteroatoms. The summed E-state index contributed by atoms with van der Waals surface area (Å²) in [4.78, 5) is 13.6. The zero-order chi connectivity index (χ0) is 11.3. The molecule has 1 aliphatic carbocycles. The number of rotatable bonds is 5. The Kier molecular flexibility index (Phi) is 5.30. The van der Waals surface area contributed by atoms with Crippen LogP contribution >= 0.6 is 0 Å². The first kappa shape index (κ1) is 12.7. The maximum atomic E-state index is 11.1. The first-order valence-electron chi connectivity index (χ1n) is 6.39. The highest BCUT2D eigenvalue weighted by atomic mass is 16.1. The quantitative estimate of drug-likeness (QED) is 0.697. The average Bonchev–Trinajstić information content (AvgIpc) is 2.26. The van der Waals surface area contributed by atoms with E-state index in [4.69, 9.17) is 0 Å². The predicted octanol–water partition coefficient (Wildman–Crippen LogP) is 2.87. The van der Waals surface area contributed by atoms with E-state index in [1.54, 1.807) is 0 Å². The molecule has 1 rings (SSSR count). The molecule has 1 aliphatic rings. The third-order valence-electron chi connectivity index (χ3n) is 3.84. The molecule has 0 N–H and O–H groups in total. The SMILES string of the molecule is CCC(CC)CN(C)C1CCC(=O)CC1. The molecule has 0 atom stereocenters. The minimum absolute atomic E-state index is 0.460. The molecule has 2 nitrogen and oxygen atoms in total. The second kappa shape index (κ2) is 6.26. The van der Waals surface area contributed by atoms with E-state index < -0.39 is 0 Å². The van der Waals surface area contributed by atoms with Crippen molar-refractivity contribution >= 4 is 5.78 Å². The van der Waals surface area contributed by atoms with Crippen LogP contribution in [0.15, 0.2) is 0 Å². The highest BCUT2D eigenvalue weighted by Gasteiger charge is 2.22. The number of nitrogens with zero attached hydrogens (tertiary/aromatic N) is 1. The number of hydrogen-bond donors (Lipinski definition) is 0. The summed E-state index contributed by atoms with van der Waals surface area (Å²) >= 11 is 0. The van der Waals surface area contributed by atoms with E-state index in [1.165, 1.54) is 19.4 Å². The summed E-state index contributed by atoms with van der Waals surface area (Å²) in [6.45, 7) is 5.74. The summed E-state index contributed by atoms with van der Waals surface area (Å²) in [5, 5.41) is 0. The summed E-state index contributed by atoms with van der Waals surface area (Å²) < 4.78 is 0. The molecule has 0 bridgehead atoms. The van der Waals surface area contributed by atoms with Gasteiger partial charge in [-0.2, -0.15) is 0 Å². The molecule has 0 amide bonds. The van der Waals surface area contributed by atoms with Gasteiger partial charge in [0.05, 0.1) is 0 Å². The van der Waals surface area contributed by atoms with E-state index in [0.29, 0.717) is 11.8 Å². The predicted molar refractivity (Wildman–Crippen MR) is 64.0 cm³/mol. The third kappa shape index (κ3) is 3.94. The molecule has 1 saturated carbocycles. The van der Waals surface area contributed by atoms with Gasteiger partial charge in [0.2, 0.25) is 0 Å². The zero-order valence-corrected chi connectivity index (χ0v) is 10.5. The number of hydrogen-bond acceptors (Lipinski definition) is 2. The molecular weight excluding hydrogens is 186 g/mol. The lowest BCUT2D eigenvalue weighted by atomic mass is 9.92. The van der Waals surface area contributed by atoms with Crippen molar-refractivity contribution in [2.45, 2.75) is 58.4 Å². The lowest BCUT2D eigenvalue weighted by Gasteiger charge is -2.32. The number of ketones is 1. The summed E-state index contributed by atoms with van der Waals surface area (Å²) in [6.07, 6.45) is 6.31. The van der Waals surface area contributed by atoms with Crippen LogP contribution in [0.2, 0.25) is 0 Å². The van der Waals surface area contributed by atoms with Crippen LogP contribution in [0.1, 0.15) is 52.4 Å². The highest BCUT2D eigenvalue weighted by molar-refractivity contribution is 5.79. The molecule has 0 aliphatic heterocycles. The molecular formula is C13H25NO. The number of carbonyl (C=O) groups is 1. The summed E-state index contributed by atoms with van der Waals surface area (Å²) in [7, 11) is 2.22. The minimum Gasteiger partial charge on any atom is -0.303 e. The van der Waals surface area contributed by atoms with Crippen LogP contribution in [0.5, 0.6) is 0 Å². The molecule has 0 saturated heterocycles. The Hall–Kier alpha value is -0.370. The van der Waals surface area contributed by atoms with E-state index in [0.717, 1.165) is 31.6 Å². The fraction of sp³-hybridized carbons (Fsp3) is 0.923. The van der Waals surface area contributed by atoms with Crippen LogP contribution in [0.4, 0.5) is 0 Å². The monoisotopic (exact) mass is 211 g/mol. The minimum atomic E-state index is 0.460. The Morgan fingerprint density at radius 1 is 1.27 bits per heavy atom. The van der Waals surface area contributed by atoms with Gasteiger partial charge in [0, 0.05) is 25.4 Å². The summed E-state index contributed by atoms with van der Waals surface area (Å²) in [5.41, 5.74) is 0. The molecule has 88 valence electrons. The highest BCUT2D eigenvalue weighted by Crippen LogP contribution is 2.21. The van der Waals surface area contributed by atoms with Gasteiger partial charge in [-0.3, -0.25) is 4.79 Å². The fourth-order valence-corrected chi connectivity index (χ4v) is 2.47. The Balaban J connectivity index is 2.33. The van der Waals surface area contributed by atoms with Crippen molar-refractivity contribution in [2.75, 3.05) is 13.6 Å².